The molecule has 1 fully saturated rings. The zero-order valence-corrected chi connectivity index (χ0v) is 50.1. The molecule has 0 radical (unpaired) electrons. The Morgan fingerprint density at radius 3 is 1.85 bits per heavy atom. The molecule has 9 amide bonds. The summed E-state index contributed by atoms with van der Waals surface area (Å²) < 4.78 is 12.2. The maximum Gasteiger partial charge on any atom is 0.253 e. The van der Waals surface area contributed by atoms with Crippen LogP contribution in [0.2, 0.25) is 0 Å². The highest BCUT2D eigenvalue weighted by molar-refractivity contribution is 6.12. The second-order valence-electron chi connectivity index (χ2n) is 22.6. The monoisotopic (exact) mass is 1130 g/mol. The van der Waals surface area contributed by atoms with Crippen LogP contribution >= 0.6 is 0 Å². The van der Waals surface area contributed by atoms with E-state index >= 15 is 0 Å². The smallest absolute Gasteiger partial charge is 0.253 e. The van der Waals surface area contributed by atoms with Gasteiger partial charge in [0.05, 0.1) is 42.7 Å². The Morgan fingerprint density at radius 2 is 1.30 bits per heavy atom. The van der Waals surface area contributed by atoms with Crippen LogP contribution in [0.15, 0.2) is 72.8 Å². The van der Waals surface area contributed by atoms with Crippen molar-refractivity contribution < 1.29 is 52.6 Å². The van der Waals surface area contributed by atoms with Crippen molar-refractivity contribution in [3.8, 4) is 0 Å². The first-order valence-electron chi connectivity index (χ1n) is 28.9. The van der Waals surface area contributed by atoms with Gasteiger partial charge in [-0.1, -0.05) is 122 Å². The predicted octanol–water partition coefficient (Wildman–Crippen LogP) is 4.80. The standard InChI is InChI=1S/C61H93N9O11/c1-13-42(6)56(68(10)61(79)54(40(2)3)63-59(77)55(41(4)5)66(8)34-24-31-50(72)65-64-49(71)30-21-16-22-35-70-51(73)32-33-52(70)74)48(80-11)38-53(75)69-36-23-29-47(69)57(81-12)43(7)58(76)62-46(37-44-25-17-14-18-26-44)60(78)67(9)39-45-27-19-15-20-28-45/h14-15,17-20,25-28,32-33,40-43,46-48,54-57H,13,16,21-24,29-31,34-39H2,1-12H3,(H,62,76)(H,63,77)(H,64,71)(H,65,72)/t42?,43?,46?,47-,48?,54?,55?,56?,57?/m0/s1. The van der Waals surface area contributed by atoms with Crippen molar-refractivity contribution in [2.45, 2.75) is 168 Å². The van der Waals surface area contributed by atoms with Crippen LogP contribution < -0.4 is 21.5 Å². The number of hydrogen-bond donors (Lipinski definition) is 4. The highest BCUT2D eigenvalue weighted by Crippen LogP contribution is 2.30. The van der Waals surface area contributed by atoms with Gasteiger partial charge < -0.3 is 34.8 Å². The Morgan fingerprint density at radius 1 is 0.704 bits per heavy atom. The first-order chi connectivity index (χ1) is 38.5. The van der Waals surface area contributed by atoms with Gasteiger partial charge in [0.25, 0.3) is 11.8 Å². The number of nitrogens with one attached hydrogen (secondary N) is 4. The maximum absolute atomic E-state index is 14.7. The molecule has 2 heterocycles. The number of nitrogens with zero attached hydrogens (tertiary/aromatic N) is 5. The molecule has 448 valence electrons. The lowest BCUT2D eigenvalue weighted by Gasteiger charge is -2.41. The van der Waals surface area contributed by atoms with Crippen LogP contribution in [-0.2, 0) is 65.6 Å². The van der Waals surface area contributed by atoms with Gasteiger partial charge in [-0.3, -0.25) is 63.8 Å². The number of amides is 9. The minimum atomic E-state index is -0.924. The Bertz CT molecular complexity index is 2410. The third-order valence-electron chi connectivity index (χ3n) is 15.8. The number of methoxy groups -OCH3 is 2. The third kappa shape index (κ3) is 19.9. The first-order valence-corrected chi connectivity index (χ1v) is 28.9. The fraction of sp³-hybridized carbons (Fsp3) is 0.623. The van der Waals surface area contributed by atoms with Crippen molar-refractivity contribution in [3.63, 3.8) is 0 Å². The predicted molar refractivity (Wildman–Crippen MR) is 309 cm³/mol. The zero-order valence-electron chi connectivity index (χ0n) is 50.1. The molecule has 20 nitrogen and oxygen atoms in total. The van der Waals surface area contributed by atoms with Crippen molar-refractivity contribution in [3.05, 3.63) is 83.9 Å². The van der Waals surface area contributed by atoms with E-state index in [4.69, 9.17) is 9.47 Å². The number of carbonyl (C=O) groups excluding carboxylic acids is 9. The number of likely N-dealkylation sites (tertiary alicyclic amines) is 1. The van der Waals surface area contributed by atoms with E-state index in [1.807, 2.05) is 107 Å². The second-order valence-corrected chi connectivity index (χ2v) is 22.6. The minimum Gasteiger partial charge on any atom is -0.379 e. The van der Waals surface area contributed by atoms with Gasteiger partial charge in [0.2, 0.25) is 41.4 Å². The van der Waals surface area contributed by atoms with Gasteiger partial charge >= 0.3 is 0 Å². The molecular formula is C61H93N9O11. The van der Waals surface area contributed by atoms with Crippen molar-refractivity contribution >= 4 is 53.2 Å². The number of hydrazine groups is 1. The van der Waals surface area contributed by atoms with E-state index in [9.17, 15) is 43.2 Å². The third-order valence-corrected chi connectivity index (χ3v) is 15.8. The normalized spacial score (nSPS) is 17.3. The SMILES string of the molecule is CCC(C)C(C(CC(=O)N1CCC[C@H]1C(OC)C(C)C(=O)NC(Cc1ccccc1)C(=O)N(C)Cc1ccccc1)OC)N(C)C(=O)C(NC(=O)C(C(C)C)N(C)CCCC(=O)NNC(=O)CCCCCN1C(=O)C=CC1=O)C(C)C. The van der Waals surface area contributed by atoms with Gasteiger partial charge in [-0.15, -0.1) is 0 Å². The molecule has 1 saturated heterocycles. The van der Waals surface area contributed by atoms with Crippen molar-refractivity contribution in [2.75, 3.05) is 55.0 Å². The van der Waals surface area contributed by atoms with Crippen LogP contribution in [0, 0.1) is 23.7 Å². The maximum atomic E-state index is 14.7. The van der Waals surface area contributed by atoms with Crippen LogP contribution in [0.4, 0.5) is 0 Å². The molecule has 4 N–H and O–H groups in total. The second kappa shape index (κ2) is 33.4. The Labute approximate surface area is 480 Å². The molecule has 8 unspecified atom stereocenters. The van der Waals surface area contributed by atoms with Crippen LogP contribution in [0.25, 0.3) is 0 Å². The van der Waals surface area contributed by atoms with E-state index < -0.39 is 54.2 Å². The molecule has 0 aromatic heterocycles. The molecule has 9 atom stereocenters. The molecule has 2 aromatic carbocycles. The van der Waals surface area contributed by atoms with Gasteiger partial charge in [-0.25, -0.2) is 0 Å². The topological polar surface area (TPSA) is 236 Å². The zero-order chi connectivity index (χ0) is 59.9. The average Bonchev–Trinajstić information content (AvgIpc) is 4.08. The lowest BCUT2D eigenvalue weighted by atomic mass is 9.89. The van der Waals surface area contributed by atoms with Crippen LogP contribution in [0.5, 0.6) is 0 Å². The van der Waals surface area contributed by atoms with Crippen LogP contribution in [0.3, 0.4) is 0 Å². The van der Waals surface area contributed by atoms with Crippen molar-refractivity contribution in [2.24, 2.45) is 23.7 Å². The van der Waals surface area contributed by atoms with Gasteiger partial charge in [0.15, 0.2) is 0 Å². The summed E-state index contributed by atoms with van der Waals surface area (Å²) in [6.07, 6.45) is 5.51. The molecule has 2 aliphatic heterocycles. The molecule has 0 bridgehead atoms. The Balaban J connectivity index is 1.36. The molecule has 4 rings (SSSR count). The minimum absolute atomic E-state index is 0.0610. The highest BCUT2D eigenvalue weighted by atomic mass is 16.5. The quantitative estimate of drug-likeness (QED) is 0.0429. The summed E-state index contributed by atoms with van der Waals surface area (Å²) in [4.78, 5) is 128. The molecule has 0 saturated carbocycles. The number of carbonyl (C=O) groups is 9. The summed E-state index contributed by atoms with van der Waals surface area (Å²) in [6.45, 7) is 14.8. The number of imide groups is 1. The summed E-state index contributed by atoms with van der Waals surface area (Å²) in [5, 5.41) is 6.11. The largest absolute Gasteiger partial charge is 0.379 e. The van der Waals surface area contributed by atoms with Gasteiger partial charge in [0.1, 0.15) is 12.1 Å². The summed E-state index contributed by atoms with van der Waals surface area (Å²) in [5.41, 5.74) is 6.73. The lowest BCUT2D eigenvalue weighted by Crippen LogP contribution is -2.60. The van der Waals surface area contributed by atoms with Crippen LogP contribution in [0.1, 0.15) is 124 Å². The van der Waals surface area contributed by atoms with E-state index in [0.29, 0.717) is 64.6 Å². The summed E-state index contributed by atoms with van der Waals surface area (Å²) in [5.74, 6) is -4.28. The van der Waals surface area contributed by atoms with E-state index in [0.717, 1.165) is 16.0 Å². The van der Waals surface area contributed by atoms with Crippen molar-refractivity contribution in [1.29, 1.82) is 0 Å². The van der Waals surface area contributed by atoms with E-state index in [-0.39, 0.29) is 97.2 Å². The number of ether oxygens (including phenoxy) is 2. The molecule has 81 heavy (non-hydrogen) atoms. The van der Waals surface area contributed by atoms with Gasteiger partial charge in [-0.05, 0) is 74.6 Å². The van der Waals surface area contributed by atoms with E-state index in [2.05, 4.69) is 21.5 Å². The summed E-state index contributed by atoms with van der Waals surface area (Å²) >= 11 is 0. The molecule has 2 aromatic rings. The highest BCUT2D eigenvalue weighted by Gasteiger charge is 2.44. The van der Waals surface area contributed by atoms with Crippen LogP contribution in [-0.4, -0.2) is 175 Å². The first kappa shape index (κ1) is 67.0. The number of hydrogen-bond acceptors (Lipinski definition) is 12. The number of rotatable bonds is 33. The molecule has 0 aliphatic carbocycles. The molecule has 0 spiro atoms. The molecule has 20 heteroatoms. The Kier molecular flexibility index (Phi) is 27.6. The fourth-order valence-electron chi connectivity index (χ4n) is 11.1. The average molecular weight is 1130 g/mol. The summed E-state index contributed by atoms with van der Waals surface area (Å²) in [7, 11) is 8.27. The number of unbranched alkanes of at least 4 members (excludes halogenated alkanes) is 2. The summed E-state index contributed by atoms with van der Waals surface area (Å²) in [6, 6.07) is 15.7. The molecular weight excluding hydrogens is 1030 g/mol. The lowest BCUT2D eigenvalue weighted by molar-refractivity contribution is -0.148. The van der Waals surface area contributed by atoms with E-state index in [1.165, 1.54) is 26.4 Å². The van der Waals surface area contributed by atoms with E-state index in [1.54, 1.807) is 42.8 Å². The van der Waals surface area contributed by atoms with Gasteiger partial charge in [-0.2, -0.15) is 0 Å². The van der Waals surface area contributed by atoms with Gasteiger partial charge in [0, 0.05) is 79.4 Å². The Hall–Kier alpha value is -6.51. The molecule has 2 aliphatic rings. The number of benzene rings is 2. The number of likely N-dealkylation sites (N-methyl/N-ethyl adjacent to an activating group) is 3. The van der Waals surface area contributed by atoms with Crippen molar-refractivity contribution in [1.82, 2.24) is 46.0 Å². The fourth-order valence-corrected chi connectivity index (χ4v) is 11.1.